The topological polar surface area (TPSA) is 104 Å². The Bertz CT molecular complexity index is 1720. The number of nitrogens with zero attached hydrogens (tertiary/aromatic N) is 5. The SMILES string of the molecule is CCn1ccc(-c2nc(O)c(Cc3ccc(-c4ccnc(F)c4C)cc3)c(=O)n2-c2c(OC)cccc2OC)n1. The fourth-order valence-corrected chi connectivity index (χ4v) is 4.62. The van der Waals surface area contributed by atoms with Gasteiger partial charge in [0.25, 0.3) is 5.56 Å². The molecule has 0 fully saturated rings. The number of halogens is 1. The second-order valence-electron chi connectivity index (χ2n) is 9.09. The summed E-state index contributed by atoms with van der Waals surface area (Å²) in [6.45, 7) is 4.24. The Morgan fingerprint density at radius 1 is 1.00 bits per heavy atom. The first-order valence-electron chi connectivity index (χ1n) is 12.7. The maximum atomic E-state index is 14.1. The summed E-state index contributed by atoms with van der Waals surface area (Å²) in [5, 5.41) is 15.5. The number of hydrogen-bond donors (Lipinski definition) is 1. The molecule has 0 amide bonds. The molecule has 5 aromatic rings. The van der Waals surface area contributed by atoms with Gasteiger partial charge < -0.3 is 14.6 Å². The first-order valence-corrected chi connectivity index (χ1v) is 12.7. The molecule has 0 saturated carbocycles. The largest absolute Gasteiger partial charge is 0.494 e. The van der Waals surface area contributed by atoms with E-state index in [0.29, 0.717) is 35.0 Å². The molecular formula is C30H28FN5O4. The monoisotopic (exact) mass is 541 g/mol. The molecule has 0 aliphatic rings. The first kappa shape index (κ1) is 26.6. The second-order valence-corrected chi connectivity index (χ2v) is 9.09. The van der Waals surface area contributed by atoms with Gasteiger partial charge in [0.2, 0.25) is 11.8 Å². The van der Waals surface area contributed by atoms with Gasteiger partial charge in [0.1, 0.15) is 22.9 Å². The van der Waals surface area contributed by atoms with Crippen LogP contribution in [0.3, 0.4) is 0 Å². The lowest BCUT2D eigenvalue weighted by Crippen LogP contribution is -2.26. The number of aromatic nitrogens is 5. The van der Waals surface area contributed by atoms with Crippen molar-refractivity contribution in [3.05, 3.63) is 100.0 Å². The van der Waals surface area contributed by atoms with Crippen molar-refractivity contribution in [3.8, 4) is 45.7 Å². The number of rotatable bonds is 8. The Hall–Kier alpha value is -4.99. The standard InChI is InChI=1S/C30H28FN5O4/c1-5-35-16-14-23(34-35)28-33-29(37)22(30(38)36(28)26-24(39-3)7-6-8-25(26)40-4)17-19-9-11-20(12-10-19)21-13-15-32-27(31)18(21)2/h6-16,37H,5,17H2,1-4H3. The van der Waals surface area contributed by atoms with Gasteiger partial charge in [-0.25, -0.2) is 4.98 Å². The molecule has 3 aromatic heterocycles. The molecule has 5 rings (SSSR count). The lowest BCUT2D eigenvalue weighted by molar-refractivity contribution is 0.389. The number of para-hydroxylation sites is 1. The van der Waals surface area contributed by atoms with Crippen molar-refractivity contribution in [3.63, 3.8) is 0 Å². The van der Waals surface area contributed by atoms with Crippen LogP contribution in [0.15, 0.2) is 71.8 Å². The zero-order valence-corrected chi connectivity index (χ0v) is 22.6. The zero-order valence-electron chi connectivity index (χ0n) is 22.6. The van der Waals surface area contributed by atoms with Gasteiger partial charge in [-0.2, -0.15) is 14.5 Å². The van der Waals surface area contributed by atoms with E-state index in [-0.39, 0.29) is 17.8 Å². The molecule has 9 nitrogen and oxygen atoms in total. The van der Waals surface area contributed by atoms with E-state index < -0.39 is 17.4 Å². The molecule has 0 spiro atoms. The van der Waals surface area contributed by atoms with E-state index in [1.807, 2.05) is 31.2 Å². The molecule has 0 aliphatic carbocycles. The van der Waals surface area contributed by atoms with Crippen molar-refractivity contribution in [2.45, 2.75) is 26.8 Å². The summed E-state index contributed by atoms with van der Waals surface area (Å²) >= 11 is 0. The minimum Gasteiger partial charge on any atom is -0.494 e. The highest BCUT2D eigenvalue weighted by Crippen LogP contribution is 2.35. The molecule has 0 saturated heterocycles. The number of hydrogen-bond acceptors (Lipinski definition) is 7. The van der Waals surface area contributed by atoms with Crippen LogP contribution in [0.4, 0.5) is 4.39 Å². The number of benzene rings is 2. The molecule has 204 valence electrons. The van der Waals surface area contributed by atoms with Gasteiger partial charge in [0.15, 0.2) is 5.82 Å². The fourth-order valence-electron chi connectivity index (χ4n) is 4.62. The van der Waals surface area contributed by atoms with Crippen LogP contribution in [0.25, 0.3) is 28.3 Å². The average molecular weight is 542 g/mol. The van der Waals surface area contributed by atoms with Crippen molar-refractivity contribution in [1.82, 2.24) is 24.3 Å². The van der Waals surface area contributed by atoms with E-state index in [2.05, 4.69) is 15.1 Å². The first-order chi connectivity index (χ1) is 19.4. The molecule has 0 aliphatic heterocycles. The Kier molecular flexibility index (Phi) is 7.33. The summed E-state index contributed by atoms with van der Waals surface area (Å²) in [5.74, 6) is 0.00793. The number of aromatic hydroxyl groups is 1. The molecule has 0 atom stereocenters. The average Bonchev–Trinajstić information content (AvgIpc) is 3.46. The Balaban J connectivity index is 1.65. The van der Waals surface area contributed by atoms with Crippen LogP contribution in [-0.2, 0) is 13.0 Å². The molecule has 0 radical (unpaired) electrons. The summed E-state index contributed by atoms with van der Waals surface area (Å²) in [5.41, 5.74) is 3.08. The van der Waals surface area contributed by atoms with Gasteiger partial charge in [-0.15, -0.1) is 0 Å². The van der Waals surface area contributed by atoms with Crippen molar-refractivity contribution in [2.75, 3.05) is 14.2 Å². The van der Waals surface area contributed by atoms with Crippen molar-refractivity contribution in [2.24, 2.45) is 0 Å². The maximum Gasteiger partial charge on any atom is 0.266 e. The molecular weight excluding hydrogens is 513 g/mol. The predicted octanol–water partition coefficient (Wildman–Crippen LogP) is 4.94. The third kappa shape index (κ3) is 4.79. The lowest BCUT2D eigenvalue weighted by Gasteiger charge is -2.19. The van der Waals surface area contributed by atoms with E-state index in [4.69, 9.17) is 9.47 Å². The lowest BCUT2D eigenvalue weighted by atomic mass is 9.99. The van der Waals surface area contributed by atoms with Gasteiger partial charge >= 0.3 is 0 Å². The zero-order chi connectivity index (χ0) is 28.4. The minimum atomic E-state index is -0.520. The Morgan fingerprint density at radius 3 is 2.33 bits per heavy atom. The molecule has 40 heavy (non-hydrogen) atoms. The predicted molar refractivity (Wildman–Crippen MR) is 149 cm³/mol. The van der Waals surface area contributed by atoms with Crippen LogP contribution in [-0.4, -0.2) is 43.6 Å². The highest BCUT2D eigenvalue weighted by molar-refractivity contribution is 5.67. The van der Waals surface area contributed by atoms with Crippen LogP contribution in [0, 0.1) is 12.9 Å². The highest BCUT2D eigenvalue weighted by atomic mass is 19.1. The van der Waals surface area contributed by atoms with Gasteiger partial charge in [-0.05, 0) is 54.8 Å². The van der Waals surface area contributed by atoms with Gasteiger partial charge in [0.05, 0.1) is 19.8 Å². The Morgan fingerprint density at radius 2 is 1.70 bits per heavy atom. The smallest absolute Gasteiger partial charge is 0.266 e. The van der Waals surface area contributed by atoms with E-state index in [1.54, 1.807) is 48.1 Å². The molecule has 2 aromatic carbocycles. The number of ether oxygens (including phenoxy) is 2. The van der Waals surface area contributed by atoms with Crippen LogP contribution in [0.1, 0.15) is 23.6 Å². The van der Waals surface area contributed by atoms with Crippen molar-refractivity contribution in [1.29, 1.82) is 0 Å². The highest BCUT2D eigenvalue weighted by Gasteiger charge is 2.25. The van der Waals surface area contributed by atoms with Crippen molar-refractivity contribution >= 4 is 0 Å². The molecule has 10 heteroatoms. The maximum absolute atomic E-state index is 14.1. The van der Waals surface area contributed by atoms with Gasteiger partial charge in [-0.3, -0.25) is 14.0 Å². The van der Waals surface area contributed by atoms with Crippen LogP contribution < -0.4 is 15.0 Å². The summed E-state index contributed by atoms with van der Waals surface area (Å²) in [4.78, 5) is 22.3. The molecule has 1 N–H and O–H groups in total. The summed E-state index contributed by atoms with van der Waals surface area (Å²) in [6.07, 6.45) is 3.30. The number of methoxy groups -OCH3 is 2. The molecule has 0 unspecified atom stereocenters. The van der Waals surface area contributed by atoms with Gasteiger partial charge in [0, 0.05) is 30.9 Å². The molecule has 3 heterocycles. The van der Waals surface area contributed by atoms with E-state index in [1.165, 1.54) is 25.0 Å². The number of aryl methyl sites for hydroxylation is 1. The van der Waals surface area contributed by atoms with E-state index in [9.17, 15) is 14.3 Å². The third-order valence-corrected chi connectivity index (χ3v) is 6.76. The molecule has 0 bridgehead atoms. The van der Waals surface area contributed by atoms with Crippen LogP contribution >= 0.6 is 0 Å². The summed E-state index contributed by atoms with van der Waals surface area (Å²) in [6, 6.07) is 16.0. The van der Waals surface area contributed by atoms with E-state index in [0.717, 1.165) is 16.7 Å². The normalized spacial score (nSPS) is 11.0. The fraction of sp³-hybridized carbons (Fsp3) is 0.200. The summed E-state index contributed by atoms with van der Waals surface area (Å²) < 4.78 is 28.2. The Labute approximate surface area is 230 Å². The van der Waals surface area contributed by atoms with E-state index >= 15 is 0 Å². The number of pyridine rings is 1. The summed E-state index contributed by atoms with van der Waals surface area (Å²) in [7, 11) is 3.00. The quantitative estimate of drug-likeness (QED) is 0.278. The van der Waals surface area contributed by atoms with Gasteiger partial charge in [-0.1, -0.05) is 30.3 Å². The second kappa shape index (κ2) is 11.0. The van der Waals surface area contributed by atoms with Crippen LogP contribution in [0.5, 0.6) is 17.4 Å². The van der Waals surface area contributed by atoms with Crippen LogP contribution in [0.2, 0.25) is 0 Å². The van der Waals surface area contributed by atoms with Crippen molar-refractivity contribution < 1.29 is 19.0 Å². The minimum absolute atomic E-state index is 0.0884. The third-order valence-electron chi connectivity index (χ3n) is 6.76.